The molecular formula is C9H18N6O2. The fourth-order valence-corrected chi connectivity index (χ4v) is 1.14. The van der Waals surface area contributed by atoms with Crippen LogP contribution in [0.25, 0.3) is 0 Å². The zero-order valence-electron chi connectivity index (χ0n) is 9.97. The van der Waals surface area contributed by atoms with Crippen LogP contribution in [0.5, 0.6) is 6.01 Å². The second-order valence-electron chi connectivity index (χ2n) is 3.27. The van der Waals surface area contributed by atoms with Gasteiger partial charge < -0.3 is 15.2 Å². The van der Waals surface area contributed by atoms with Crippen LogP contribution in [0.15, 0.2) is 0 Å². The molecule has 8 nitrogen and oxygen atoms in total. The molecule has 0 saturated carbocycles. The van der Waals surface area contributed by atoms with E-state index in [-0.39, 0.29) is 24.6 Å². The van der Waals surface area contributed by atoms with Crippen molar-refractivity contribution >= 4 is 11.9 Å². The summed E-state index contributed by atoms with van der Waals surface area (Å²) in [6.45, 7) is 4.22. The van der Waals surface area contributed by atoms with Gasteiger partial charge in [0.25, 0.3) is 0 Å². The number of nitrogens with one attached hydrogen (secondary N) is 2. The summed E-state index contributed by atoms with van der Waals surface area (Å²) in [6, 6.07) is 0.0724. The third-order valence-electron chi connectivity index (χ3n) is 2.06. The number of aromatic nitrogens is 3. The van der Waals surface area contributed by atoms with Gasteiger partial charge in [-0.15, -0.1) is 0 Å². The van der Waals surface area contributed by atoms with Crippen molar-refractivity contribution in [3.8, 4) is 6.01 Å². The minimum atomic E-state index is -0.113. The number of hydrogen-bond acceptors (Lipinski definition) is 8. The maximum absolute atomic E-state index is 9.08. The van der Waals surface area contributed by atoms with E-state index in [0.717, 1.165) is 6.42 Å². The molecule has 17 heavy (non-hydrogen) atoms. The van der Waals surface area contributed by atoms with E-state index in [0.29, 0.717) is 12.6 Å². The molecule has 1 rings (SSSR count). The van der Waals surface area contributed by atoms with Gasteiger partial charge >= 0.3 is 6.01 Å². The Labute approximate surface area is 99.6 Å². The van der Waals surface area contributed by atoms with Gasteiger partial charge in [0.15, 0.2) is 0 Å². The number of rotatable bonds is 7. The Morgan fingerprint density at radius 1 is 1.29 bits per heavy atom. The summed E-state index contributed by atoms with van der Waals surface area (Å²) in [7, 11) is 0. The van der Waals surface area contributed by atoms with Crippen molar-refractivity contribution in [2.45, 2.75) is 26.3 Å². The summed E-state index contributed by atoms with van der Waals surface area (Å²) >= 11 is 0. The molecule has 1 atom stereocenters. The van der Waals surface area contributed by atoms with Crippen LogP contribution in [0.4, 0.5) is 11.9 Å². The molecule has 0 fully saturated rings. The standard InChI is InChI=1S/C9H18N6O2/c1-3-6(5-16)11-7-12-8(15-10)14-9(13-7)17-4-2/h6,16H,3-5,10H2,1-2H3,(H2,11,12,13,14,15). The first-order valence-corrected chi connectivity index (χ1v) is 5.46. The highest BCUT2D eigenvalue weighted by atomic mass is 16.5. The average molecular weight is 242 g/mol. The Morgan fingerprint density at radius 3 is 2.53 bits per heavy atom. The Kier molecular flexibility index (Phi) is 5.37. The van der Waals surface area contributed by atoms with Crippen LogP contribution in [0, 0.1) is 0 Å². The molecular weight excluding hydrogens is 224 g/mol. The number of nitrogen functional groups attached to an aromatic ring is 1. The summed E-state index contributed by atoms with van der Waals surface area (Å²) in [5.74, 6) is 5.77. The largest absolute Gasteiger partial charge is 0.464 e. The molecule has 0 aliphatic rings. The fraction of sp³-hybridized carbons (Fsp3) is 0.667. The van der Waals surface area contributed by atoms with Gasteiger partial charge in [0.05, 0.1) is 19.3 Å². The highest BCUT2D eigenvalue weighted by Gasteiger charge is 2.10. The number of hydrogen-bond donors (Lipinski definition) is 4. The lowest BCUT2D eigenvalue weighted by molar-refractivity contribution is 0.271. The maximum atomic E-state index is 9.08. The lowest BCUT2D eigenvalue weighted by atomic mass is 10.2. The third-order valence-corrected chi connectivity index (χ3v) is 2.06. The molecule has 1 aromatic rings. The normalized spacial score (nSPS) is 12.0. The predicted octanol–water partition coefficient (Wildman–Crippen LogP) is -0.261. The number of nitrogens with two attached hydrogens (primary N) is 1. The number of aliphatic hydroxyl groups is 1. The summed E-state index contributed by atoms with van der Waals surface area (Å²) in [5.41, 5.74) is 2.33. The Balaban J connectivity index is 2.85. The molecule has 1 heterocycles. The zero-order chi connectivity index (χ0) is 12.7. The molecule has 0 aromatic carbocycles. The van der Waals surface area contributed by atoms with Crippen LogP contribution in [-0.4, -0.2) is 39.3 Å². The first-order chi connectivity index (χ1) is 8.23. The van der Waals surface area contributed by atoms with Crippen LogP contribution in [0.1, 0.15) is 20.3 Å². The van der Waals surface area contributed by atoms with E-state index in [4.69, 9.17) is 15.7 Å². The van der Waals surface area contributed by atoms with Crippen molar-refractivity contribution in [2.75, 3.05) is 24.0 Å². The maximum Gasteiger partial charge on any atom is 0.323 e. The van der Waals surface area contributed by atoms with E-state index in [2.05, 4.69) is 25.7 Å². The molecule has 0 aliphatic heterocycles. The lowest BCUT2D eigenvalue weighted by Crippen LogP contribution is -2.25. The second-order valence-corrected chi connectivity index (χ2v) is 3.27. The van der Waals surface area contributed by atoms with Gasteiger partial charge in [-0.05, 0) is 13.3 Å². The highest BCUT2D eigenvalue weighted by Crippen LogP contribution is 2.11. The molecule has 1 unspecified atom stereocenters. The predicted molar refractivity (Wildman–Crippen MR) is 63.6 cm³/mol. The topological polar surface area (TPSA) is 118 Å². The minimum Gasteiger partial charge on any atom is -0.464 e. The van der Waals surface area contributed by atoms with Crippen molar-refractivity contribution < 1.29 is 9.84 Å². The molecule has 0 bridgehead atoms. The second kappa shape index (κ2) is 6.81. The molecule has 1 aromatic heterocycles. The van der Waals surface area contributed by atoms with Gasteiger partial charge in [-0.2, -0.15) is 15.0 Å². The summed E-state index contributed by atoms with van der Waals surface area (Å²) in [6.07, 6.45) is 0.748. The fourth-order valence-electron chi connectivity index (χ4n) is 1.14. The van der Waals surface area contributed by atoms with Crippen molar-refractivity contribution in [2.24, 2.45) is 5.84 Å². The highest BCUT2D eigenvalue weighted by molar-refractivity contribution is 5.35. The minimum absolute atomic E-state index is 0.00244. The smallest absolute Gasteiger partial charge is 0.323 e. The molecule has 0 spiro atoms. The van der Waals surface area contributed by atoms with Crippen LogP contribution < -0.4 is 21.3 Å². The van der Waals surface area contributed by atoms with Gasteiger partial charge in [-0.25, -0.2) is 5.84 Å². The van der Waals surface area contributed by atoms with Crippen LogP contribution in [-0.2, 0) is 0 Å². The molecule has 0 saturated heterocycles. The molecule has 0 amide bonds. The summed E-state index contributed by atoms with van der Waals surface area (Å²) in [4.78, 5) is 12.0. The Hall–Kier alpha value is -1.67. The van der Waals surface area contributed by atoms with Crippen LogP contribution in [0.2, 0.25) is 0 Å². The van der Waals surface area contributed by atoms with Gasteiger partial charge in [0, 0.05) is 0 Å². The number of nitrogens with zero attached hydrogens (tertiary/aromatic N) is 3. The van der Waals surface area contributed by atoms with Gasteiger partial charge in [-0.1, -0.05) is 6.92 Å². The number of ether oxygens (including phenoxy) is 1. The van der Waals surface area contributed by atoms with E-state index in [1.54, 1.807) is 0 Å². The molecule has 0 radical (unpaired) electrons. The summed E-state index contributed by atoms with van der Waals surface area (Å²) < 4.78 is 5.18. The number of aliphatic hydroxyl groups excluding tert-OH is 1. The van der Waals surface area contributed by atoms with Gasteiger partial charge in [0.1, 0.15) is 0 Å². The van der Waals surface area contributed by atoms with E-state index in [1.807, 2.05) is 13.8 Å². The van der Waals surface area contributed by atoms with Crippen molar-refractivity contribution in [3.63, 3.8) is 0 Å². The van der Waals surface area contributed by atoms with E-state index in [9.17, 15) is 0 Å². The quantitative estimate of drug-likeness (QED) is 0.381. The van der Waals surface area contributed by atoms with Crippen molar-refractivity contribution in [1.82, 2.24) is 15.0 Å². The number of hydrazine groups is 1. The Morgan fingerprint density at radius 2 is 2.00 bits per heavy atom. The Bertz CT molecular complexity index is 344. The third kappa shape index (κ3) is 4.00. The average Bonchev–Trinajstić information content (AvgIpc) is 2.36. The van der Waals surface area contributed by atoms with Gasteiger partial charge in [0.2, 0.25) is 11.9 Å². The van der Waals surface area contributed by atoms with E-state index >= 15 is 0 Å². The van der Waals surface area contributed by atoms with Crippen LogP contribution in [0.3, 0.4) is 0 Å². The zero-order valence-corrected chi connectivity index (χ0v) is 9.97. The van der Waals surface area contributed by atoms with E-state index < -0.39 is 0 Å². The molecule has 5 N–H and O–H groups in total. The molecule has 8 heteroatoms. The SMILES string of the molecule is CCOc1nc(NN)nc(NC(CC)CO)n1. The van der Waals surface area contributed by atoms with Crippen LogP contribution >= 0.6 is 0 Å². The van der Waals surface area contributed by atoms with Crippen molar-refractivity contribution in [1.29, 1.82) is 0 Å². The summed E-state index contributed by atoms with van der Waals surface area (Å²) in [5, 5.41) is 12.0. The van der Waals surface area contributed by atoms with Gasteiger partial charge in [-0.3, -0.25) is 5.43 Å². The molecule has 0 aliphatic carbocycles. The molecule has 96 valence electrons. The first-order valence-electron chi connectivity index (χ1n) is 5.46. The van der Waals surface area contributed by atoms with E-state index in [1.165, 1.54) is 0 Å². The van der Waals surface area contributed by atoms with Crippen molar-refractivity contribution in [3.05, 3.63) is 0 Å². The first kappa shape index (κ1) is 13.4. The lowest BCUT2D eigenvalue weighted by Gasteiger charge is -2.14. The monoisotopic (exact) mass is 242 g/mol. The number of anilines is 2.